The molecular weight excluding hydrogens is 428 g/mol. The molecule has 32 heavy (non-hydrogen) atoms. The number of fused-ring (bicyclic) bond motifs is 1. The smallest absolute Gasteiger partial charge is 0.307 e. The molecule has 7 nitrogen and oxygen atoms in total. The van der Waals surface area contributed by atoms with E-state index in [4.69, 9.17) is 4.74 Å². The van der Waals surface area contributed by atoms with Crippen LogP contribution < -0.4 is 14.9 Å². The molecule has 2 aromatic carbocycles. The first kappa shape index (κ1) is 22.0. The van der Waals surface area contributed by atoms with Gasteiger partial charge in [0.1, 0.15) is 11.5 Å². The van der Waals surface area contributed by atoms with Crippen LogP contribution in [0, 0.1) is 20.8 Å². The van der Waals surface area contributed by atoms with Crippen molar-refractivity contribution < 1.29 is 19.7 Å². The molecular formula is C24H26N2O5S. The van der Waals surface area contributed by atoms with E-state index in [0.29, 0.717) is 41.3 Å². The fraction of sp³-hybridized carbons (Fsp3) is 0.333. The molecule has 3 aromatic rings. The van der Waals surface area contributed by atoms with Gasteiger partial charge in [-0.25, -0.2) is 0 Å². The first-order valence-electron chi connectivity index (χ1n) is 10.4. The van der Waals surface area contributed by atoms with Crippen LogP contribution in [0.25, 0.3) is 0 Å². The average Bonchev–Trinajstić information content (AvgIpc) is 3.08. The fourth-order valence-electron chi connectivity index (χ4n) is 4.03. The van der Waals surface area contributed by atoms with Crippen molar-refractivity contribution in [3.63, 3.8) is 0 Å². The zero-order valence-corrected chi connectivity index (χ0v) is 19.3. The van der Waals surface area contributed by atoms with Crippen LogP contribution in [-0.2, 0) is 17.6 Å². The molecule has 1 aliphatic rings. The molecule has 4 N–H and O–H groups in total. The van der Waals surface area contributed by atoms with Gasteiger partial charge >= 0.3 is 4.87 Å². The molecule has 0 saturated heterocycles. The zero-order valence-electron chi connectivity index (χ0n) is 18.5. The van der Waals surface area contributed by atoms with Crippen molar-refractivity contribution in [2.24, 2.45) is 0 Å². The monoisotopic (exact) mass is 454 g/mol. The van der Waals surface area contributed by atoms with E-state index in [1.165, 1.54) is 0 Å². The lowest BCUT2D eigenvalue weighted by Crippen LogP contribution is -2.48. The second-order valence-corrected chi connectivity index (χ2v) is 9.55. The Balaban J connectivity index is 1.49. The second kappa shape index (κ2) is 8.02. The van der Waals surface area contributed by atoms with Crippen molar-refractivity contribution in [1.82, 2.24) is 4.98 Å². The van der Waals surface area contributed by atoms with Gasteiger partial charge in [0.15, 0.2) is 5.60 Å². The van der Waals surface area contributed by atoms with Crippen LogP contribution in [0.15, 0.2) is 29.1 Å². The van der Waals surface area contributed by atoms with Gasteiger partial charge in [-0.15, -0.1) is 0 Å². The summed E-state index contributed by atoms with van der Waals surface area (Å²) >= 11 is 0.978. The number of benzene rings is 2. The Morgan fingerprint density at radius 1 is 1.16 bits per heavy atom. The van der Waals surface area contributed by atoms with Gasteiger partial charge in [-0.1, -0.05) is 23.5 Å². The van der Waals surface area contributed by atoms with Crippen LogP contribution in [-0.4, -0.2) is 26.7 Å². The van der Waals surface area contributed by atoms with Crippen LogP contribution >= 0.6 is 11.3 Å². The average molecular weight is 455 g/mol. The predicted molar refractivity (Wildman–Crippen MR) is 124 cm³/mol. The van der Waals surface area contributed by atoms with Crippen molar-refractivity contribution in [1.29, 1.82) is 0 Å². The van der Waals surface area contributed by atoms with E-state index in [2.05, 4.69) is 10.3 Å². The number of amides is 1. The number of aromatic hydroxyl groups is 2. The topological polar surface area (TPSA) is 112 Å². The first-order valence-corrected chi connectivity index (χ1v) is 11.2. The number of phenolic OH excluding ortho intramolecular Hbond substituents is 1. The number of carbonyl (C=O) groups is 1. The van der Waals surface area contributed by atoms with Gasteiger partial charge in [0.25, 0.3) is 5.91 Å². The van der Waals surface area contributed by atoms with Gasteiger partial charge in [0, 0.05) is 24.1 Å². The Morgan fingerprint density at radius 3 is 2.47 bits per heavy atom. The summed E-state index contributed by atoms with van der Waals surface area (Å²) in [5.41, 5.74) is 3.88. The minimum atomic E-state index is -1.03. The number of phenols is 1. The molecule has 0 spiro atoms. The third-order valence-corrected chi connectivity index (χ3v) is 7.15. The minimum absolute atomic E-state index is 0.103. The summed E-state index contributed by atoms with van der Waals surface area (Å²) in [6, 6.07) is 7.27. The van der Waals surface area contributed by atoms with Gasteiger partial charge in [-0.05, 0) is 68.5 Å². The lowest BCUT2D eigenvalue weighted by atomic mass is 9.86. The molecule has 2 heterocycles. The number of ether oxygens (including phenoxy) is 1. The van der Waals surface area contributed by atoms with E-state index in [1.54, 1.807) is 19.1 Å². The molecule has 1 aromatic heterocycles. The molecule has 0 aliphatic carbocycles. The van der Waals surface area contributed by atoms with Gasteiger partial charge in [0.2, 0.25) is 5.88 Å². The van der Waals surface area contributed by atoms with Crippen LogP contribution in [0.5, 0.6) is 17.4 Å². The lowest BCUT2D eigenvalue weighted by Gasteiger charge is -2.36. The lowest BCUT2D eigenvalue weighted by molar-refractivity contribution is -0.131. The van der Waals surface area contributed by atoms with E-state index >= 15 is 0 Å². The first-order chi connectivity index (χ1) is 15.1. The minimum Gasteiger partial charge on any atom is -0.507 e. The quantitative estimate of drug-likeness (QED) is 0.475. The summed E-state index contributed by atoms with van der Waals surface area (Å²) in [7, 11) is 0. The van der Waals surface area contributed by atoms with E-state index in [9.17, 15) is 19.8 Å². The number of anilines is 1. The number of aromatic nitrogens is 1. The largest absolute Gasteiger partial charge is 0.507 e. The Morgan fingerprint density at radius 2 is 1.84 bits per heavy atom. The summed E-state index contributed by atoms with van der Waals surface area (Å²) in [4.78, 5) is 27.1. The number of hydrogen-bond acceptors (Lipinski definition) is 6. The predicted octanol–water partition coefficient (Wildman–Crippen LogP) is 4.09. The summed E-state index contributed by atoms with van der Waals surface area (Å²) in [6.45, 7) is 7.41. The molecule has 0 saturated carbocycles. The Bertz CT molecular complexity index is 1260. The highest BCUT2D eigenvalue weighted by atomic mass is 32.1. The van der Waals surface area contributed by atoms with E-state index in [1.807, 2.05) is 32.9 Å². The summed E-state index contributed by atoms with van der Waals surface area (Å²) in [5, 5.41) is 23.0. The number of carbonyl (C=O) groups excluding carboxylic acids is 1. The van der Waals surface area contributed by atoms with Crippen LogP contribution in [0.1, 0.15) is 46.0 Å². The third-order valence-electron chi connectivity index (χ3n) is 6.28. The second-order valence-electron chi connectivity index (χ2n) is 8.48. The SMILES string of the molecule is Cc1c(C)c2c(c(C)c1O)CCC(C)(C(=O)Nc1ccc(Cc3sc(=O)[nH]c3O)cc1)O2. The van der Waals surface area contributed by atoms with E-state index < -0.39 is 5.60 Å². The van der Waals surface area contributed by atoms with Gasteiger partial charge in [-0.3, -0.25) is 14.6 Å². The molecule has 8 heteroatoms. The van der Waals surface area contributed by atoms with Crippen molar-refractivity contribution in [3.8, 4) is 17.4 Å². The zero-order chi connectivity index (χ0) is 23.2. The molecule has 1 amide bonds. The molecule has 0 bridgehead atoms. The maximum atomic E-state index is 13.1. The standard InChI is InChI=1S/C24H26N2O5S/c1-12-13(2)20-17(14(3)19(12)27)9-10-24(4,31-20)22(29)25-16-7-5-15(6-8-16)11-18-21(28)26-23(30)32-18/h5-8,27-28H,9-11H2,1-4H3,(H,25,29)(H,26,30). The number of hydrogen-bond donors (Lipinski definition) is 4. The molecule has 4 rings (SSSR count). The highest BCUT2D eigenvalue weighted by Gasteiger charge is 2.40. The molecule has 0 fully saturated rings. The van der Waals surface area contributed by atoms with Crippen LogP contribution in [0.4, 0.5) is 5.69 Å². The highest BCUT2D eigenvalue weighted by molar-refractivity contribution is 7.09. The number of aromatic amines is 1. The summed E-state index contributed by atoms with van der Waals surface area (Å²) < 4.78 is 6.24. The summed E-state index contributed by atoms with van der Waals surface area (Å²) in [5.74, 6) is 0.634. The Kier molecular flexibility index (Phi) is 5.50. The van der Waals surface area contributed by atoms with Gasteiger partial charge in [0.05, 0.1) is 4.88 Å². The van der Waals surface area contributed by atoms with E-state index in [0.717, 1.165) is 39.2 Å². The normalized spacial score (nSPS) is 17.5. The number of rotatable bonds is 4. The highest BCUT2D eigenvalue weighted by Crippen LogP contribution is 2.43. The summed E-state index contributed by atoms with van der Waals surface area (Å²) in [6.07, 6.45) is 1.56. The Hall–Kier alpha value is -3.26. The van der Waals surface area contributed by atoms with E-state index in [-0.39, 0.29) is 16.7 Å². The molecule has 1 atom stereocenters. The van der Waals surface area contributed by atoms with Crippen molar-refractivity contribution in [2.75, 3.05) is 5.32 Å². The number of H-pyrrole nitrogens is 1. The molecule has 168 valence electrons. The van der Waals surface area contributed by atoms with Crippen molar-refractivity contribution in [3.05, 3.63) is 66.6 Å². The fourth-order valence-corrected chi connectivity index (χ4v) is 4.79. The van der Waals surface area contributed by atoms with Crippen molar-refractivity contribution in [2.45, 2.75) is 52.6 Å². The number of nitrogens with one attached hydrogen (secondary N) is 2. The third kappa shape index (κ3) is 3.86. The van der Waals surface area contributed by atoms with Crippen LogP contribution in [0.2, 0.25) is 0 Å². The Labute approximate surface area is 189 Å². The number of thiazole rings is 1. The van der Waals surface area contributed by atoms with Gasteiger partial charge < -0.3 is 20.3 Å². The molecule has 1 aliphatic heterocycles. The molecule has 0 radical (unpaired) electrons. The molecule has 1 unspecified atom stereocenters. The maximum Gasteiger partial charge on any atom is 0.307 e. The van der Waals surface area contributed by atoms with Gasteiger partial charge in [-0.2, -0.15) is 0 Å². The van der Waals surface area contributed by atoms with Crippen molar-refractivity contribution >= 4 is 22.9 Å². The van der Waals surface area contributed by atoms with Crippen LogP contribution in [0.3, 0.4) is 0 Å². The maximum absolute atomic E-state index is 13.1.